The molecule has 1 saturated carbocycles. The highest BCUT2D eigenvalue weighted by Crippen LogP contribution is 2.36. The second-order valence-corrected chi connectivity index (χ2v) is 10.8. The van der Waals surface area contributed by atoms with E-state index in [1.165, 1.54) is 45.3 Å². The summed E-state index contributed by atoms with van der Waals surface area (Å²) < 4.78 is 45.2. The fraction of sp³-hybridized carbons (Fsp3) is 0.321. The van der Waals surface area contributed by atoms with E-state index < -0.39 is 22.5 Å². The second-order valence-electron chi connectivity index (χ2n) is 8.96. The van der Waals surface area contributed by atoms with Gasteiger partial charge in [0.2, 0.25) is 5.91 Å². The number of methoxy groups -OCH3 is 2. The van der Waals surface area contributed by atoms with Crippen molar-refractivity contribution in [3.8, 4) is 17.2 Å². The van der Waals surface area contributed by atoms with Crippen molar-refractivity contribution in [3.05, 3.63) is 72.3 Å². The third-order valence-electron chi connectivity index (χ3n) is 6.29. The molecule has 9 heteroatoms. The minimum Gasteiger partial charge on any atom is -0.497 e. The van der Waals surface area contributed by atoms with Gasteiger partial charge in [-0.2, -0.15) is 0 Å². The minimum absolute atomic E-state index is 0.0594. The molecule has 1 N–H and O–H groups in total. The number of nitrogens with one attached hydrogen (secondary N) is 1. The molecule has 0 heterocycles. The van der Waals surface area contributed by atoms with E-state index in [1.54, 1.807) is 48.5 Å². The van der Waals surface area contributed by atoms with E-state index in [2.05, 4.69) is 5.32 Å². The lowest BCUT2D eigenvalue weighted by Crippen LogP contribution is -2.38. The summed E-state index contributed by atoms with van der Waals surface area (Å²) in [5.74, 6) is 0.954. The average molecular weight is 525 g/mol. The predicted molar refractivity (Wildman–Crippen MR) is 143 cm³/mol. The Kier molecular flexibility index (Phi) is 8.23. The van der Waals surface area contributed by atoms with Crippen LogP contribution in [0.4, 0.5) is 11.4 Å². The van der Waals surface area contributed by atoms with Crippen LogP contribution in [0.15, 0.2) is 71.6 Å². The number of aryl methyl sites for hydroxylation is 1. The minimum atomic E-state index is -4.12. The quantitative estimate of drug-likeness (QED) is 0.393. The maximum atomic E-state index is 13.7. The number of anilines is 2. The topological polar surface area (TPSA) is 94.2 Å². The second kappa shape index (κ2) is 11.6. The Morgan fingerprint density at radius 3 is 2.19 bits per heavy atom. The summed E-state index contributed by atoms with van der Waals surface area (Å²) in [6.07, 6.45) is 4.70. The van der Waals surface area contributed by atoms with E-state index in [9.17, 15) is 13.2 Å². The number of rotatable bonds is 10. The van der Waals surface area contributed by atoms with Crippen LogP contribution in [0.5, 0.6) is 17.2 Å². The van der Waals surface area contributed by atoms with Crippen LogP contribution in [0.25, 0.3) is 0 Å². The lowest BCUT2D eigenvalue weighted by molar-refractivity contribution is -0.114. The van der Waals surface area contributed by atoms with Gasteiger partial charge < -0.3 is 19.5 Å². The van der Waals surface area contributed by atoms with Gasteiger partial charge in [0.1, 0.15) is 23.8 Å². The van der Waals surface area contributed by atoms with Gasteiger partial charge in [0, 0.05) is 11.8 Å². The first kappa shape index (κ1) is 26.3. The highest BCUT2D eigenvalue weighted by atomic mass is 32.2. The Morgan fingerprint density at radius 2 is 1.57 bits per heavy atom. The van der Waals surface area contributed by atoms with E-state index in [4.69, 9.17) is 14.2 Å². The van der Waals surface area contributed by atoms with Crippen LogP contribution in [-0.2, 0) is 14.8 Å². The molecule has 1 aliphatic rings. The normalized spacial score (nSPS) is 13.7. The fourth-order valence-corrected chi connectivity index (χ4v) is 5.70. The monoisotopic (exact) mass is 524 g/mol. The zero-order valence-electron chi connectivity index (χ0n) is 21.3. The molecular formula is C28H32N2O6S. The fourth-order valence-electron chi connectivity index (χ4n) is 4.28. The third kappa shape index (κ3) is 6.35. The largest absolute Gasteiger partial charge is 0.497 e. The SMILES string of the molecule is COc1ccc(OC)c(N(CC(=O)Nc2ccc(OC3CCCC3)cc2)S(=O)(=O)c2ccc(C)cc2)c1. The van der Waals surface area contributed by atoms with Crippen molar-refractivity contribution < 1.29 is 27.4 Å². The molecule has 1 fully saturated rings. The van der Waals surface area contributed by atoms with Gasteiger partial charge in [0.05, 0.1) is 30.9 Å². The molecule has 1 amide bonds. The van der Waals surface area contributed by atoms with E-state index in [-0.39, 0.29) is 22.4 Å². The first-order valence-electron chi connectivity index (χ1n) is 12.2. The standard InChI is InChI=1S/C28H32N2O6S/c1-20-8-15-25(16-9-20)37(32,33)30(26-18-24(34-2)14-17-27(26)35-3)19-28(31)29-21-10-12-23(13-11-21)36-22-6-4-5-7-22/h8-18,22H,4-7,19H2,1-3H3,(H,29,31). The number of carbonyl (C=O) groups is 1. The Labute approximate surface area is 218 Å². The number of hydrogen-bond acceptors (Lipinski definition) is 6. The number of sulfonamides is 1. The zero-order valence-corrected chi connectivity index (χ0v) is 22.1. The number of benzene rings is 3. The molecule has 0 saturated heterocycles. The van der Waals surface area contributed by atoms with Crippen LogP contribution in [0.3, 0.4) is 0 Å². The first-order valence-corrected chi connectivity index (χ1v) is 13.6. The van der Waals surface area contributed by atoms with Crippen LogP contribution >= 0.6 is 0 Å². The Morgan fingerprint density at radius 1 is 0.919 bits per heavy atom. The smallest absolute Gasteiger partial charge is 0.264 e. The number of hydrogen-bond donors (Lipinski definition) is 1. The van der Waals surface area contributed by atoms with Gasteiger partial charge >= 0.3 is 0 Å². The molecule has 8 nitrogen and oxygen atoms in total. The number of ether oxygens (including phenoxy) is 3. The summed E-state index contributed by atoms with van der Waals surface area (Å²) in [4.78, 5) is 13.2. The van der Waals surface area contributed by atoms with E-state index >= 15 is 0 Å². The van der Waals surface area contributed by atoms with Gasteiger partial charge in [-0.3, -0.25) is 9.10 Å². The summed E-state index contributed by atoms with van der Waals surface area (Å²) in [6.45, 7) is 1.40. The van der Waals surface area contributed by atoms with E-state index in [1.807, 2.05) is 6.92 Å². The Balaban J connectivity index is 1.59. The van der Waals surface area contributed by atoms with Gasteiger partial charge in [-0.25, -0.2) is 8.42 Å². The molecule has 1 aliphatic carbocycles. The van der Waals surface area contributed by atoms with Gasteiger partial charge in [-0.05, 0) is 81.1 Å². The molecule has 0 unspecified atom stereocenters. The van der Waals surface area contributed by atoms with Crippen LogP contribution in [0.1, 0.15) is 31.2 Å². The molecule has 4 rings (SSSR count). The maximum absolute atomic E-state index is 13.7. The molecule has 0 atom stereocenters. The van der Waals surface area contributed by atoms with E-state index in [0.717, 1.165) is 28.5 Å². The van der Waals surface area contributed by atoms with Crippen LogP contribution in [0, 0.1) is 6.92 Å². The first-order chi connectivity index (χ1) is 17.8. The summed E-state index contributed by atoms with van der Waals surface area (Å²) in [7, 11) is -1.19. The molecular weight excluding hydrogens is 492 g/mol. The lowest BCUT2D eigenvalue weighted by Gasteiger charge is -2.26. The molecule has 0 aliphatic heterocycles. The van der Waals surface area contributed by atoms with Gasteiger partial charge in [0.25, 0.3) is 10.0 Å². The van der Waals surface area contributed by atoms with Crippen molar-refractivity contribution in [2.24, 2.45) is 0 Å². The lowest BCUT2D eigenvalue weighted by atomic mass is 10.2. The molecule has 3 aromatic rings. The van der Waals surface area contributed by atoms with Crippen LogP contribution in [-0.4, -0.2) is 41.2 Å². The Hall–Kier alpha value is -3.72. The summed E-state index contributed by atoms with van der Waals surface area (Å²) >= 11 is 0. The summed E-state index contributed by atoms with van der Waals surface area (Å²) in [6, 6.07) is 18.4. The van der Waals surface area contributed by atoms with Crippen molar-refractivity contribution in [2.75, 3.05) is 30.4 Å². The molecule has 0 spiro atoms. The van der Waals surface area contributed by atoms with Crippen LogP contribution in [0.2, 0.25) is 0 Å². The van der Waals surface area contributed by atoms with Crippen LogP contribution < -0.4 is 23.8 Å². The molecule has 0 radical (unpaired) electrons. The molecule has 0 bridgehead atoms. The van der Waals surface area contributed by atoms with Crippen molar-refractivity contribution in [1.82, 2.24) is 0 Å². The molecule has 37 heavy (non-hydrogen) atoms. The van der Waals surface area contributed by atoms with Crippen molar-refractivity contribution in [1.29, 1.82) is 0 Å². The van der Waals surface area contributed by atoms with Crippen molar-refractivity contribution >= 4 is 27.3 Å². The van der Waals surface area contributed by atoms with Crippen molar-refractivity contribution in [3.63, 3.8) is 0 Å². The molecule has 196 valence electrons. The number of amides is 1. The average Bonchev–Trinajstić information content (AvgIpc) is 3.41. The number of carbonyl (C=O) groups excluding carboxylic acids is 1. The summed E-state index contributed by atoms with van der Waals surface area (Å²) in [5, 5.41) is 2.79. The highest BCUT2D eigenvalue weighted by Gasteiger charge is 2.30. The third-order valence-corrected chi connectivity index (χ3v) is 8.07. The van der Waals surface area contributed by atoms with Gasteiger partial charge in [0.15, 0.2) is 0 Å². The molecule has 0 aromatic heterocycles. The number of nitrogens with zero attached hydrogens (tertiary/aromatic N) is 1. The highest BCUT2D eigenvalue weighted by molar-refractivity contribution is 7.92. The summed E-state index contributed by atoms with van der Waals surface area (Å²) in [5.41, 5.74) is 1.65. The molecule has 3 aromatic carbocycles. The van der Waals surface area contributed by atoms with Gasteiger partial charge in [-0.15, -0.1) is 0 Å². The Bertz CT molecular complexity index is 1320. The zero-order chi connectivity index (χ0) is 26.4. The van der Waals surface area contributed by atoms with Crippen molar-refractivity contribution in [2.45, 2.75) is 43.6 Å². The predicted octanol–water partition coefficient (Wildman–Crippen LogP) is 5.17. The van der Waals surface area contributed by atoms with Gasteiger partial charge in [-0.1, -0.05) is 17.7 Å². The maximum Gasteiger partial charge on any atom is 0.264 e. The van der Waals surface area contributed by atoms with E-state index in [0.29, 0.717) is 11.4 Å².